The summed E-state index contributed by atoms with van der Waals surface area (Å²) in [6.07, 6.45) is 66.5. The van der Waals surface area contributed by atoms with Gasteiger partial charge in [0.05, 0.1) is 34.4 Å². The number of carbonyl (C=O) groups excluding carboxylic acids is 2. The van der Waals surface area contributed by atoms with Crippen LogP contribution in [0, 0.1) is 0 Å². The molecule has 0 bridgehead atoms. The van der Waals surface area contributed by atoms with Crippen molar-refractivity contribution in [1.82, 2.24) is 0 Å². The van der Waals surface area contributed by atoms with E-state index >= 15 is 0 Å². The lowest BCUT2D eigenvalue weighted by Gasteiger charge is -2.25. The highest BCUT2D eigenvalue weighted by Crippen LogP contribution is 2.15. The number of carboxylic acids is 1. The summed E-state index contributed by atoms with van der Waals surface area (Å²) in [5.74, 6) is -2.02. The van der Waals surface area contributed by atoms with Crippen molar-refractivity contribution in [2.24, 2.45) is 0 Å². The van der Waals surface area contributed by atoms with Gasteiger partial charge in [0.2, 0.25) is 0 Å². The van der Waals surface area contributed by atoms with Gasteiger partial charge >= 0.3 is 17.9 Å². The lowest BCUT2D eigenvalue weighted by molar-refractivity contribution is -0.870. The van der Waals surface area contributed by atoms with Gasteiger partial charge < -0.3 is 28.5 Å². The molecular formula is C62H108NO8+. The first-order valence-electron chi connectivity index (χ1n) is 28.8. The van der Waals surface area contributed by atoms with Crippen LogP contribution < -0.4 is 0 Å². The van der Waals surface area contributed by atoms with Crippen LogP contribution in [0.15, 0.2) is 85.1 Å². The van der Waals surface area contributed by atoms with Crippen molar-refractivity contribution in [1.29, 1.82) is 0 Å². The van der Waals surface area contributed by atoms with Crippen LogP contribution in [-0.2, 0) is 33.3 Å². The van der Waals surface area contributed by atoms with Crippen molar-refractivity contribution < 1.29 is 42.9 Å². The number of likely N-dealkylation sites (N-methyl/N-ethyl adjacent to an activating group) is 1. The molecule has 0 aliphatic rings. The minimum Gasteiger partial charge on any atom is -0.477 e. The number of quaternary nitrogens is 1. The van der Waals surface area contributed by atoms with E-state index in [1.807, 2.05) is 21.1 Å². The van der Waals surface area contributed by atoms with Gasteiger partial charge in [-0.05, 0) is 89.9 Å². The van der Waals surface area contributed by atoms with Gasteiger partial charge in [-0.1, -0.05) is 214 Å². The molecule has 9 heteroatoms. The topological polar surface area (TPSA) is 108 Å². The third kappa shape index (κ3) is 54.1. The Kier molecular flexibility index (Phi) is 50.2. The zero-order valence-electron chi connectivity index (χ0n) is 46.4. The van der Waals surface area contributed by atoms with Crippen LogP contribution in [0.5, 0.6) is 0 Å². The zero-order valence-corrected chi connectivity index (χ0v) is 46.4. The van der Waals surface area contributed by atoms with Crippen LogP contribution in [0.4, 0.5) is 0 Å². The molecule has 0 aliphatic heterocycles. The third-order valence-corrected chi connectivity index (χ3v) is 12.1. The minimum absolute atomic E-state index is 0.182. The largest absolute Gasteiger partial charge is 0.477 e. The molecule has 71 heavy (non-hydrogen) atoms. The maximum Gasteiger partial charge on any atom is 0.361 e. The first-order chi connectivity index (χ1) is 34.6. The molecule has 0 aromatic carbocycles. The number of carboxylic acid groups (broad SMARTS) is 1. The zero-order chi connectivity index (χ0) is 52.0. The van der Waals surface area contributed by atoms with E-state index in [-0.39, 0.29) is 32.2 Å². The van der Waals surface area contributed by atoms with E-state index in [0.29, 0.717) is 23.9 Å². The summed E-state index contributed by atoms with van der Waals surface area (Å²) < 4.78 is 22.9. The van der Waals surface area contributed by atoms with E-state index in [4.69, 9.17) is 18.9 Å². The first kappa shape index (κ1) is 67.5. The van der Waals surface area contributed by atoms with Crippen molar-refractivity contribution in [2.45, 2.75) is 245 Å². The number of allylic oxidation sites excluding steroid dienone is 14. The van der Waals surface area contributed by atoms with Crippen LogP contribution in [0.1, 0.15) is 232 Å². The molecule has 0 spiro atoms. The molecular weight excluding hydrogens is 887 g/mol. The number of ether oxygens (including phenoxy) is 4. The second-order valence-electron chi connectivity index (χ2n) is 20.2. The van der Waals surface area contributed by atoms with Crippen LogP contribution >= 0.6 is 0 Å². The smallest absolute Gasteiger partial charge is 0.361 e. The summed E-state index contributed by atoms with van der Waals surface area (Å²) in [6.45, 7) is 4.75. The molecule has 0 fully saturated rings. The molecule has 2 atom stereocenters. The first-order valence-corrected chi connectivity index (χ1v) is 28.8. The number of carbonyl (C=O) groups is 3. The lowest BCUT2D eigenvalue weighted by atomic mass is 10.1. The Morgan fingerprint density at radius 2 is 0.803 bits per heavy atom. The molecule has 2 unspecified atom stereocenters. The third-order valence-electron chi connectivity index (χ3n) is 12.1. The van der Waals surface area contributed by atoms with Crippen molar-refractivity contribution in [3.8, 4) is 0 Å². The number of esters is 2. The van der Waals surface area contributed by atoms with E-state index in [1.165, 1.54) is 116 Å². The maximum absolute atomic E-state index is 12.9. The Bertz CT molecular complexity index is 1440. The summed E-state index contributed by atoms with van der Waals surface area (Å²) in [5.41, 5.74) is 0. The molecule has 1 N–H and O–H groups in total. The fourth-order valence-corrected chi connectivity index (χ4v) is 7.72. The summed E-state index contributed by atoms with van der Waals surface area (Å²) in [4.78, 5) is 37.4. The Hall–Kier alpha value is -3.53. The van der Waals surface area contributed by atoms with Crippen molar-refractivity contribution in [2.75, 3.05) is 47.5 Å². The highest BCUT2D eigenvalue weighted by Gasteiger charge is 2.25. The van der Waals surface area contributed by atoms with Gasteiger partial charge in [0.25, 0.3) is 6.29 Å². The quantitative estimate of drug-likeness (QED) is 0.0211. The highest BCUT2D eigenvalue weighted by atomic mass is 16.7. The second-order valence-corrected chi connectivity index (χ2v) is 20.2. The molecule has 0 heterocycles. The molecule has 0 aliphatic carbocycles. The molecule has 9 nitrogen and oxygen atoms in total. The van der Waals surface area contributed by atoms with Gasteiger partial charge in [-0.25, -0.2) is 4.79 Å². The standard InChI is InChI=1S/C62H107NO8/c1-6-8-10-12-14-16-18-20-22-24-26-27-28-29-30-31-32-33-35-37-39-41-43-45-47-49-51-53-60(65)71-58(57-70-62(61(66)67)68-55-54-63(3,4)5)56-69-59(64)52-50-48-46-44-42-40-38-36-34-25-23-21-19-17-15-13-11-9-7-2/h8,10,14,16,20-23,26-27,29-30,32-33,58,62H,6-7,9,11-13,15,17-19,24-25,28,31,34-57H2,1-5H3/p+1/b10-8-,16-14-,22-20-,23-21-,27-26-,30-29-,33-32-. The fourth-order valence-electron chi connectivity index (χ4n) is 7.72. The molecule has 0 saturated carbocycles. The van der Waals surface area contributed by atoms with Gasteiger partial charge in [0.1, 0.15) is 13.2 Å². The normalized spacial score (nSPS) is 13.4. The lowest BCUT2D eigenvalue weighted by Crippen LogP contribution is -2.40. The van der Waals surface area contributed by atoms with Crippen LogP contribution in [0.2, 0.25) is 0 Å². The number of rotatable bonds is 52. The number of hydrogen-bond acceptors (Lipinski definition) is 7. The summed E-state index contributed by atoms with van der Waals surface area (Å²) in [7, 11) is 5.96. The Morgan fingerprint density at radius 1 is 0.437 bits per heavy atom. The highest BCUT2D eigenvalue weighted by molar-refractivity contribution is 5.71. The molecule has 0 aromatic rings. The molecule has 0 radical (unpaired) electrons. The van der Waals surface area contributed by atoms with E-state index in [9.17, 15) is 19.5 Å². The number of aliphatic carboxylic acids is 1. The number of nitrogens with zero attached hydrogens (tertiary/aromatic N) is 1. The number of unbranched alkanes of at least 4 members (excludes halogenated alkanes) is 23. The van der Waals surface area contributed by atoms with Crippen LogP contribution in [0.3, 0.4) is 0 Å². The van der Waals surface area contributed by atoms with Crippen molar-refractivity contribution in [3.63, 3.8) is 0 Å². The van der Waals surface area contributed by atoms with E-state index in [1.54, 1.807) is 0 Å². The Balaban J connectivity index is 4.29. The molecule has 0 saturated heterocycles. The van der Waals surface area contributed by atoms with Crippen molar-refractivity contribution in [3.05, 3.63) is 85.1 Å². The van der Waals surface area contributed by atoms with Gasteiger partial charge in [-0.3, -0.25) is 9.59 Å². The van der Waals surface area contributed by atoms with E-state index in [0.717, 1.165) is 83.5 Å². The van der Waals surface area contributed by atoms with Gasteiger partial charge in [0, 0.05) is 12.8 Å². The van der Waals surface area contributed by atoms with Crippen molar-refractivity contribution >= 4 is 17.9 Å². The fraction of sp³-hybridized carbons (Fsp3) is 0.726. The summed E-state index contributed by atoms with van der Waals surface area (Å²) in [5, 5.41) is 9.70. The minimum atomic E-state index is -1.52. The van der Waals surface area contributed by atoms with Gasteiger partial charge in [-0.2, -0.15) is 0 Å². The SMILES string of the molecule is CC/C=C\C/C=C\C/C=C\C/C=C\C/C=C\C/C=C\CCCCCCCCCCC(=O)OC(COC(=O)CCCCCCCCCCC/C=C\CCCCCCCC)COC(OCC[N+](C)(C)C)C(=O)O. The Morgan fingerprint density at radius 3 is 1.21 bits per heavy atom. The summed E-state index contributed by atoms with van der Waals surface area (Å²) in [6, 6.07) is 0. The van der Waals surface area contributed by atoms with Gasteiger partial charge in [-0.15, -0.1) is 0 Å². The van der Waals surface area contributed by atoms with Gasteiger partial charge in [0.15, 0.2) is 6.10 Å². The predicted octanol–water partition coefficient (Wildman–Crippen LogP) is 16.8. The maximum atomic E-state index is 12.9. The molecule has 0 amide bonds. The molecule has 408 valence electrons. The number of hydrogen-bond donors (Lipinski definition) is 1. The van der Waals surface area contributed by atoms with E-state index in [2.05, 4.69) is 98.9 Å². The second kappa shape index (κ2) is 52.8. The average Bonchev–Trinajstić information content (AvgIpc) is 3.34. The summed E-state index contributed by atoms with van der Waals surface area (Å²) >= 11 is 0. The van der Waals surface area contributed by atoms with Crippen LogP contribution in [0.25, 0.3) is 0 Å². The monoisotopic (exact) mass is 995 g/mol. The molecule has 0 rings (SSSR count). The average molecular weight is 996 g/mol. The van der Waals surface area contributed by atoms with E-state index < -0.39 is 24.3 Å². The Labute approximate surface area is 436 Å². The van der Waals surface area contributed by atoms with Crippen LogP contribution in [-0.4, -0.2) is 87.4 Å². The predicted molar refractivity (Wildman–Crippen MR) is 299 cm³/mol. The molecule has 0 aromatic heterocycles.